The first-order valence-corrected chi connectivity index (χ1v) is 20.0. The predicted molar refractivity (Wildman–Crippen MR) is 215 cm³/mol. The first kappa shape index (κ1) is 29.0. The third kappa shape index (κ3) is 3.67. The molecule has 1 nitrogen and oxygen atoms in total. The van der Waals surface area contributed by atoms with Crippen molar-refractivity contribution in [1.82, 2.24) is 0 Å². The summed E-state index contributed by atoms with van der Waals surface area (Å²) in [7, 11) is 0. The monoisotopic (exact) mass is 675 g/mol. The van der Waals surface area contributed by atoms with Gasteiger partial charge in [0, 0.05) is 47.9 Å². The van der Waals surface area contributed by atoms with Crippen molar-refractivity contribution in [3.63, 3.8) is 0 Å². The molecule has 51 heavy (non-hydrogen) atoms. The van der Waals surface area contributed by atoms with Crippen LogP contribution in [0.1, 0.15) is 68.2 Å². The summed E-state index contributed by atoms with van der Waals surface area (Å²) in [6, 6.07) is 49.4. The molecule has 6 aromatic carbocycles. The lowest BCUT2D eigenvalue weighted by Gasteiger charge is -2.61. The fraction of sp³-hybridized carbons (Fsp3) is 0.265. The molecular formula is C49H41NS. The van der Waals surface area contributed by atoms with E-state index in [1.54, 1.807) is 11.1 Å². The molecule has 1 aromatic heterocycles. The number of benzene rings is 6. The maximum absolute atomic E-state index is 2.62. The van der Waals surface area contributed by atoms with Crippen LogP contribution in [0.4, 0.5) is 17.1 Å². The van der Waals surface area contributed by atoms with Crippen molar-refractivity contribution in [3.8, 4) is 22.3 Å². The summed E-state index contributed by atoms with van der Waals surface area (Å²) in [6.07, 6.45) is 7.08. The number of hydrogen-bond acceptors (Lipinski definition) is 2. The fourth-order valence-electron chi connectivity index (χ4n) is 12.5. The second-order valence-corrected chi connectivity index (χ2v) is 18.0. The van der Waals surface area contributed by atoms with Crippen molar-refractivity contribution in [1.29, 1.82) is 0 Å². The molecule has 7 aromatic rings. The highest BCUT2D eigenvalue weighted by atomic mass is 32.1. The van der Waals surface area contributed by atoms with Crippen molar-refractivity contribution in [2.45, 2.75) is 56.8 Å². The van der Waals surface area contributed by atoms with Crippen LogP contribution in [0.3, 0.4) is 0 Å². The molecule has 4 fully saturated rings. The third-order valence-corrected chi connectivity index (χ3v) is 15.4. The summed E-state index contributed by atoms with van der Waals surface area (Å²) in [6.45, 7) is 4.81. The van der Waals surface area contributed by atoms with Gasteiger partial charge in [0.25, 0.3) is 0 Å². The zero-order valence-corrected chi connectivity index (χ0v) is 30.1. The van der Waals surface area contributed by atoms with E-state index in [0.29, 0.717) is 0 Å². The zero-order valence-electron chi connectivity index (χ0n) is 29.3. The zero-order chi connectivity index (χ0) is 33.6. The molecule has 0 radical (unpaired) electrons. The van der Waals surface area contributed by atoms with E-state index in [9.17, 15) is 0 Å². The Kier molecular flexibility index (Phi) is 5.69. The minimum absolute atomic E-state index is 0.0726. The van der Waals surface area contributed by atoms with Gasteiger partial charge < -0.3 is 4.90 Å². The van der Waals surface area contributed by atoms with Gasteiger partial charge in [-0.2, -0.15) is 0 Å². The predicted octanol–water partition coefficient (Wildman–Crippen LogP) is 13.6. The lowest BCUT2D eigenvalue weighted by atomic mass is 9.43. The normalized spacial score (nSPS) is 25.7. The summed E-state index contributed by atoms with van der Waals surface area (Å²) in [5.74, 6) is 3.35. The smallest absolute Gasteiger partial charge is 0.0543 e. The molecule has 248 valence electrons. The van der Waals surface area contributed by atoms with Crippen LogP contribution < -0.4 is 4.90 Å². The molecule has 0 atom stereocenters. The van der Waals surface area contributed by atoms with E-state index in [1.165, 1.54) is 103 Å². The lowest BCUT2D eigenvalue weighted by molar-refractivity contribution is -0.0399. The number of hydrogen-bond donors (Lipinski definition) is 0. The van der Waals surface area contributed by atoms with Crippen LogP contribution in [0.25, 0.3) is 42.4 Å². The molecule has 6 aliphatic carbocycles. The third-order valence-electron chi connectivity index (χ3n) is 14.2. The average Bonchev–Trinajstić information content (AvgIpc) is 3.75. The average molecular weight is 676 g/mol. The Hall–Kier alpha value is -4.66. The van der Waals surface area contributed by atoms with Crippen molar-refractivity contribution >= 4 is 48.6 Å². The maximum atomic E-state index is 2.62. The Morgan fingerprint density at radius 3 is 1.96 bits per heavy atom. The van der Waals surface area contributed by atoms with Crippen molar-refractivity contribution in [2.75, 3.05) is 4.90 Å². The second kappa shape index (κ2) is 10.0. The first-order chi connectivity index (χ1) is 25.0. The molecule has 0 aliphatic heterocycles. The molecule has 0 saturated heterocycles. The number of rotatable bonds is 3. The molecule has 1 heterocycles. The topological polar surface area (TPSA) is 3.24 Å². The molecule has 6 aliphatic rings. The first-order valence-electron chi connectivity index (χ1n) is 19.2. The van der Waals surface area contributed by atoms with Crippen LogP contribution in [-0.4, -0.2) is 0 Å². The van der Waals surface area contributed by atoms with E-state index >= 15 is 0 Å². The summed E-state index contributed by atoms with van der Waals surface area (Å²) < 4.78 is 2.70. The Labute approximate surface area is 304 Å². The van der Waals surface area contributed by atoms with E-state index in [1.807, 2.05) is 11.3 Å². The van der Waals surface area contributed by atoms with Gasteiger partial charge >= 0.3 is 0 Å². The van der Waals surface area contributed by atoms with Gasteiger partial charge in [0.05, 0.1) is 5.69 Å². The van der Waals surface area contributed by atoms with E-state index < -0.39 is 0 Å². The molecule has 4 bridgehead atoms. The van der Waals surface area contributed by atoms with Crippen LogP contribution in [0, 0.1) is 23.7 Å². The van der Waals surface area contributed by atoms with Crippen LogP contribution >= 0.6 is 11.3 Å². The molecule has 0 amide bonds. The standard InChI is InChI=1S/C49H41NS/c1-48(2)40-13-6-3-10-35(40)36-20-18-34(28-43(36)48)50(33-19-21-46-39(27-33)37-11-5-8-17-45(37)51-46)44-16-9-15-42-47(44)38-12-4-7-14-41(38)49(42)31-23-29-22-30(25-31)26-32(49)24-29/h3-21,27-32H,22-26H2,1-2H3. The Morgan fingerprint density at radius 2 is 1.14 bits per heavy atom. The molecule has 2 heteroatoms. The molecule has 0 N–H and O–H groups in total. The highest BCUT2D eigenvalue weighted by molar-refractivity contribution is 7.25. The number of anilines is 3. The largest absolute Gasteiger partial charge is 0.310 e. The highest BCUT2D eigenvalue weighted by Crippen LogP contribution is 2.70. The SMILES string of the molecule is CC1(C)c2ccccc2-c2ccc(N(c3ccc4sc5ccccc5c4c3)c3cccc4c3-c3ccccc3C43C4CC5CC(C4)CC3C5)cc21. The second-order valence-electron chi connectivity index (χ2n) is 16.9. The summed E-state index contributed by atoms with van der Waals surface area (Å²) in [4.78, 5) is 2.62. The van der Waals surface area contributed by atoms with Gasteiger partial charge in [-0.25, -0.2) is 0 Å². The summed E-state index contributed by atoms with van der Waals surface area (Å²) in [5, 5.41) is 2.69. The van der Waals surface area contributed by atoms with E-state index in [0.717, 1.165) is 23.7 Å². The van der Waals surface area contributed by atoms with Gasteiger partial charge in [0.2, 0.25) is 0 Å². The number of thiophene rings is 1. The molecule has 0 unspecified atom stereocenters. The van der Waals surface area contributed by atoms with Gasteiger partial charge in [0.1, 0.15) is 0 Å². The van der Waals surface area contributed by atoms with Gasteiger partial charge in [0.15, 0.2) is 0 Å². The molecule has 4 saturated carbocycles. The lowest BCUT2D eigenvalue weighted by Crippen LogP contribution is -2.55. The maximum Gasteiger partial charge on any atom is 0.0543 e. The van der Waals surface area contributed by atoms with E-state index in [2.05, 4.69) is 146 Å². The van der Waals surface area contributed by atoms with Crippen molar-refractivity contribution in [3.05, 3.63) is 150 Å². The minimum Gasteiger partial charge on any atom is -0.310 e. The van der Waals surface area contributed by atoms with Gasteiger partial charge in [-0.3, -0.25) is 0 Å². The Morgan fingerprint density at radius 1 is 0.510 bits per heavy atom. The fourth-order valence-corrected chi connectivity index (χ4v) is 13.6. The quantitative estimate of drug-likeness (QED) is 0.180. The Balaban J connectivity index is 1.13. The van der Waals surface area contributed by atoms with E-state index in [-0.39, 0.29) is 10.8 Å². The summed E-state index contributed by atoms with van der Waals surface area (Å²) >= 11 is 1.90. The minimum atomic E-state index is -0.0726. The molecular weight excluding hydrogens is 635 g/mol. The van der Waals surface area contributed by atoms with Gasteiger partial charge in [-0.15, -0.1) is 11.3 Å². The highest BCUT2D eigenvalue weighted by Gasteiger charge is 2.61. The van der Waals surface area contributed by atoms with Crippen LogP contribution in [-0.2, 0) is 10.8 Å². The van der Waals surface area contributed by atoms with Crippen LogP contribution in [0.5, 0.6) is 0 Å². The number of fused-ring (bicyclic) bond motifs is 9. The van der Waals surface area contributed by atoms with Crippen LogP contribution in [0.15, 0.2) is 127 Å². The molecule has 1 spiro atoms. The van der Waals surface area contributed by atoms with E-state index in [4.69, 9.17) is 0 Å². The van der Waals surface area contributed by atoms with Gasteiger partial charge in [-0.05, 0) is 137 Å². The summed E-state index contributed by atoms with van der Waals surface area (Å²) in [5.41, 5.74) is 15.6. The van der Waals surface area contributed by atoms with Gasteiger partial charge in [-0.1, -0.05) is 98.8 Å². The molecule has 13 rings (SSSR count). The van der Waals surface area contributed by atoms with Crippen molar-refractivity contribution < 1.29 is 0 Å². The van der Waals surface area contributed by atoms with Crippen LogP contribution in [0.2, 0.25) is 0 Å². The Bertz CT molecular complexity index is 2570. The van der Waals surface area contributed by atoms with Crippen molar-refractivity contribution in [2.24, 2.45) is 23.7 Å². The number of nitrogens with zero attached hydrogens (tertiary/aromatic N) is 1.